The molecule has 0 radical (unpaired) electrons. The quantitative estimate of drug-likeness (QED) is 0.472. The second-order valence-electron chi connectivity index (χ2n) is 2.11. The lowest BCUT2D eigenvalue weighted by atomic mass is 9.74. The molecule has 1 rings (SSSR count). The zero-order chi connectivity index (χ0) is 6.85. The molecule has 0 aliphatic carbocycles. The Bertz CT molecular complexity index is 76.7. The number of hydrogen-bond donors (Lipinski definition) is 0. The highest BCUT2D eigenvalue weighted by atomic mass is 16.7. The molecule has 56 valence electrons. The van der Waals surface area contributed by atoms with Gasteiger partial charge in [0.15, 0.2) is 0 Å². The lowest BCUT2D eigenvalue weighted by Crippen LogP contribution is -2.44. The van der Waals surface area contributed by atoms with E-state index in [2.05, 4.69) is 0 Å². The van der Waals surface area contributed by atoms with Crippen LogP contribution in [-0.4, -0.2) is 21.4 Å². The second-order valence-corrected chi connectivity index (χ2v) is 2.11. The molecule has 0 aromatic carbocycles. The van der Waals surface area contributed by atoms with Crippen molar-refractivity contribution in [1.82, 2.24) is 0 Å². The maximum atomic E-state index is 5.11. The van der Waals surface area contributed by atoms with E-state index >= 15 is 0 Å². The first-order valence-electron chi connectivity index (χ1n) is 3.15. The minimum absolute atomic E-state index is 0. The third kappa shape index (κ3) is 2.77. The van der Waals surface area contributed by atoms with E-state index < -0.39 is 0 Å². The summed E-state index contributed by atoms with van der Waals surface area (Å²) in [6, 6.07) is 0. The largest absolute Gasteiger partial charge is 0.453 e. The topological polar surface area (TPSA) is 27.7 Å². The van der Waals surface area contributed by atoms with Crippen LogP contribution in [0.5, 0.6) is 0 Å². The molecule has 0 amide bonds. The van der Waals surface area contributed by atoms with E-state index in [-0.39, 0.29) is 28.8 Å². The Morgan fingerprint density at radius 1 is 0.700 bits per heavy atom. The minimum atomic E-state index is -0.135. The molecule has 0 spiro atoms. The number of rotatable bonds is 0. The fourth-order valence-corrected chi connectivity index (χ4v) is 0.906. The first-order valence-corrected chi connectivity index (χ1v) is 3.15. The van der Waals surface area contributed by atoms with E-state index in [1.54, 1.807) is 0 Å². The van der Waals surface area contributed by atoms with Gasteiger partial charge in [0.2, 0.25) is 0 Å². The summed E-state index contributed by atoms with van der Waals surface area (Å²) in [6.07, 6.45) is 0. The van der Waals surface area contributed by atoms with Crippen LogP contribution in [0.1, 0.15) is 7.43 Å². The summed E-state index contributed by atoms with van der Waals surface area (Å²) in [6.45, 7) is 5.57. The van der Waals surface area contributed by atoms with Crippen LogP contribution in [0.2, 0.25) is 20.5 Å². The molecule has 3 nitrogen and oxygen atoms in total. The highest BCUT2D eigenvalue weighted by Gasteiger charge is 2.31. The van der Waals surface area contributed by atoms with Gasteiger partial charge in [0.25, 0.3) is 0 Å². The van der Waals surface area contributed by atoms with Gasteiger partial charge in [-0.2, -0.15) is 0 Å². The maximum Gasteiger partial charge on any atom is 0.426 e. The van der Waals surface area contributed by atoms with Crippen molar-refractivity contribution in [3.8, 4) is 0 Å². The van der Waals surface area contributed by atoms with Crippen molar-refractivity contribution >= 4 is 21.4 Å². The van der Waals surface area contributed by atoms with Crippen LogP contribution in [0.3, 0.4) is 0 Å². The van der Waals surface area contributed by atoms with Gasteiger partial charge in [-0.3, -0.25) is 0 Å². The Balaban J connectivity index is 0.000000810. The first-order chi connectivity index (χ1) is 4.18. The molecule has 1 saturated heterocycles. The Morgan fingerprint density at radius 3 is 1.10 bits per heavy atom. The predicted molar refractivity (Wildman–Crippen MR) is 44.8 cm³/mol. The normalized spacial score (nSPS) is 18.9. The zero-order valence-corrected chi connectivity index (χ0v) is 5.96. The zero-order valence-electron chi connectivity index (χ0n) is 5.96. The van der Waals surface area contributed by atoms with Gasteiger partial charge in [-0.25, -0.2) is 0 Å². The van der Waals surface area contributed by atoms with Gasteiger partial charge in [-0.1, -0.05) is 7.43 Å². The Hall–Kier alpha value is 0.0748. The van der Waals surface area contributed by atoms with E-state index in [4.69, 9.17) is 13.7 Å². The lowest BCUT2D eigenvalue weighted by Gasteiger charge is -2.25. The van der Waals surface area contributed by atoms with Gasteiger partial charge in [0.1, 0.15) is 0 Å². The van der Waals surface area contributed by atoms with Crippen LogP contribution in [0.15, 0.2) is 0 Å². The lowest BCUT2D eigenvalue weighted by molar-refractivity contribution is 0.294. The van der Waals surface area contributed by atoms with Crippen molar-refractivity contribution in [3.63, 3.8) is 0 Å². The highest BCUT2D eigenvalue weighted by molar-refractivity contribution is 6.72. The average molecular weight is 142 g/mol. The number of hydrogen-bond acceptors (Lipinski definition) is 3. The van der Waals surface area contributed by atoms with Crippen LogP contribution in [0, 0.1) is 0 Å². The summed E-state index contributed by atoms with van der Waals surface area (Å²) in [4.78, 5) is 0. The second kappa shape index (κ2) is 4.06. The molecule has 10 heavy (non-hydrogen) atoms. The van der Waals surface area contributed by atoms with Gasteiger partial charge in [-0.05, 0) is 20.5 Å². The van der Waals surface area contributed by atoms with E-state index in [1.165, 1.54) is 0 Å². The molecular formula is C4H13B3O3. The molecule has 1 heterocycles. The molecule has 0 unspecified atom stereocenters. The third-order valence-corrected chi connectivity index (χ3v) is 1.15. The SMILES string of the molecule is C.CB1OB(C)OB(C)O1. The van der Waals surface area contributed by atoms with Crippen molar-refractivity contribution < 1.29 is 13.7 Å². The molecule has 0 saturated carbocycles. The highest BCUT2D eigenvalue weighted by Crippen LogP contribution is 2.06. The van der Waals surface area contributed by atoms with Crippen LogP contribution in [0.4, 0.5) is 0 Å². The molecular weight excluding hydrogens is 128 g/mol. The van der Waals surface area contributed by atoms with E-state index in [0.29, 0.717) is 0 Å². The summed E-state index contributed by atoms with van der Waals surface area (Å²) in [7, 11) is -0.406. The van der Waals surface area contributed by atoms with Crippen molar-refractivity contribution in [3.05, 3.63) is 0 Å². The molecule has 0 aromatic heterocycles. The van der Waals surface area contributed by atoms with Gasteiger partial charge >= 0.3 is 21.4 Å². The van der Waals surface area contributed by atoms with E-state index in [0.717, 1.165) is 0 Å². The molecule has 0 atom stereocenters. The van der Waals surface area contributed by atoms with Gasteiger partial charge in [0, 0.05) is 0 Å². The van der Waals surface area contributed by atoms with Crippen LogP contribution in [-0.2, 0) is 13.7 Å². The van der Waals surface area contributed by atoms with Crippen LogP contribution < -0.4 is 0 Å². The van der Waals surface area contributed by atoms with Gasteiger partial charge < -0.3 is 13.7 Å². The maximum absolute atomic E-state index is 5.11. The summed E-state index contributed by atoms with van der Waals surface area (Å²) in [5.74, 6) is 0. The Kier molecular flexibility index (Phi) is 4.09. The summed E-state index contributed by atoms with van der Waals surface area (Å²) in [5.41, 5.74) is 0. The van der Waals surface area contributed by atoms with E-state index in [1.807, 2.05) is 20.5 Å². The fourth-order valence-electron chi connectivity index (χ4n) is 0.906. The summed E-state index contributed by atoms with van der Waals surface area (Å²) in [5, 5.41) is 0. The minimum Gasteiger partial charge on any atom is -0.453 e. The van der Waals surface area contributed by atoms with Crippen LogP contribution in [0.25, 0.3) is 0 Å². The van der Waals surface area contributed by atoms with Crippen LogP contribution >= 0.6 is 0 Å². The first kappa shape index (κ1) is 10.1. The van der Waals surface area contributed by atoms with E-state index in [9.17, 15) is 0 Å². The summed E-state index contributed by atoms with van der Waals surface area (Å²) >= 11 is 0. The van der Waals surface area contributed by atoms with Crippen molar-refractivity contribution in [2.75, 3.05) is 0 Å². The molecule has 6 heteroatoms. The average Bonchev–Trinajstić information content (AvgIpc) is 1.59. The molecule has 0 bridgehead atoms. The van der Waals surface area contributed by atoms with Gasteiger partial charge in [0.05, 0.1) is 0 Å². The Morgan fingerprint density at radius 2 is 0.900 bits per heavy atom. The predicted octanol–water partition coefficient (Wildman–Crippen LogP) is 1.04. The van der Waals surface area contributed by atoms with Crippen molar-refractivity contribution in [2.45, 2.75) is 27.9 Å². The van der Waals surface area contributed by atoms with Crippen molar-refractivity contribution in [1.29, 1.82) is 0 Å². The molecule has 1 aliphatic heterocycles. The molecule has 0 N–H and O–H groups in total. The summed E-state index contributed by atoms with van der Waals surface area (Å²) < 4.78 is 15.3. The fraction of sp³-hybridized carbons (Fsp3) is 1.00. The Labute approximate surface area is 63.9 Å². The molecule has 1 fully saturated rings. The molecule has 0 aromatic rings. The molecule has 1 aliphatic rings. The smallest absolute Gasteiger partial charge is 0.426 e. The standard InChI is InChI=1S/C3H9B3O3.CH4/c1-4-7-5(2)9-6(3)8-4;/h1-3H3;1H4. The third-order valence-electron chi connectivity index (χ3n) is 1.15. The van der Waals surface area contributed by atoms with Gasteiger partial charge in [-0.15, -0.1) is 0 Å². The van der Waals surface area contributed by atoms with Crippen molar-refractivity contribution in [2.24, 2.45) is 0 Å². The monoisotopic (exact) mass is 142 g/mol.